The summed E-state index contributed by atoms with van der Waals surface area (Å²) in [6.45, 7) is 2.58. The molecular formula is C29H51BrN2O10S2. The molecule has 0 aliphatic carbocycles. The molecule has 0 amide bonds. The molecule has 2 heterocycles. The van der Waals surface area contributed by atoms with Crippen molar-refractivity contribution >= 4 is 36.0 Å². The molecule has 2 aromatic carbocycles. The van der Waals surface area contributed by atoms with E-state index in [2.05, 4.69) is 15.9 Å². The van der Waals surface area contributed by atoms with E-state index in [-0.39, 0.29) is 50.8 Å². The van der Waals surface area contributed by atoms with Gasteiger partial charge in [-0.25, -0.2) is 16.8 Å². The molecule has 2 aliphatic rings. The minimum absolute atomic E-state index is 0. The Hall–Kier alpha value is -1.50. The van der Waals surface area contributed by atoms with Crippen LogP contribution >= 0.6 is 15.9 Å². The van der Waals surface area contributed by atoms with Gasteiger partial charge in [-0.2, -0.15) is 8.61 Å². The van der Waals surface area contributed by atoms with Gasteiger partial charge in [0.25, 0.3) is 0 Å². The van der Waals surface area contributed by atoms with E-state index in [4.69, 9.17) is 9.47 Å². The smallest absolute Gasteiger partial charge is 0.243 e. The van der Waals surface area contributed by atoms with Crippen molar-refractivity contribution in [3.8, 4) is 0 Å². The molecule has 4 rings (SSSR count). The monoisotopic (exact) mass is 730 g/mol. The lowest BCUT2D eigenvalue weighted by Gasteiger charge is -2.25. The number of halogens is 1. The third-order valence-electron chi connectivity index (χ3n) is 6.72. The number of sulfonamides is 2. The average Bonchev–Trinajstić information content (AvgIpc) is 3.58. The molecule has 0 saturated carbocycles. The number of alkyl halides is 1. The fourth-order valence-corrected chi connectivity index (χ4v) is 7.44. The van der Waals surface area contributed by atoms with E-state index in [0.29, 0.717) is 0 Å². The molecule has 0 radical (unpaired) electrons. The number of hydrogen-bond acceptors (Lipinski definition) is 10. The van der Waals surface area contributed by atoms with Crippen molar-refractivity contribution in [2.75, 3.05) is 59.4 Å². The quantitative estimate of drug-likeness (QED) is 0.295. The Morgan fingerprint density at radius 1 is 0.705 bits per heavy atom. The zero-order valence-corrected chi connectivity index (χ0v) is 27.7. The van der Waals surface area contributed by atoms with Crippen LogP contribution < -0.4 is 0 Å². The number of β-amino-alcohol motifs (C(OH)–C–C–N with tert-alkyl or cyclic N) is 2. The highest BCUT2D eigenvalue weighted by Gasteiger charge is 2.50. The summed E-state index contributed by atoms with van der Waals surface area (Å²) in [5.41, 5.74) is -3.12. The van der Waals surface area contributed by atoms with Crippen LogP contribution in [0.25, 0.3) is 0 Å². The predicted molar refractivity (Wildman–Crippen MR) is 176 cm³/mol. The first-order valence-corrected chi connectivity index (χ1v) is 17.5. The molecular weight excluding hydrogens is 680 g/mol. The third kappa shape index (κ3) is 10.3. The Morgan fingerprint density at radius 3 is 1.18 bits per heavy atom. The summed E-state index contributed by atoms with van der Waals surface area (Å²) in [5.74, 6) is 1.81. The fourth-order valence-electron chi connectivity index (χ4n) is 4.39. The van der Waals surface area contributed by atoms with Crippen molar-refractivity contribution in [1.82, 2.24) is 8.61 Å². The lowest BCUT2D eigenvalue weighted by molar-refractivity contribution is -0.0890. The van der Waals surface area contributed by atoms with Gasteiger partial charge in [-0.3, -0.25) is 0 Å². The number of ether oxygens (including phenoxy) is 2. The van der Waals surface area contributed by atoms with Crippen LogP contribution in [0.4, 0.5) is 0 Å². The van der Waals surface area contributed by atoms with Crippen LogP contribution in [0.1, 0.15) is 28.7 Å². The van der Waals surface area contributed by atoms with E-state index in [9.17, 15) is 37.3 Å². The Labute approximate surface area is 272 Å². The van der Waals surface area contributed by atoms with Gasteiger partial charge in [0.15, 0.2) is 0 Å². The molecule has 2 saturated heterocycles. The van der Waals surface area contributed by atoms with Crippen LogP contribution in [-0.4, -0.2) is 129 Å². The Morgan fingerprint density at radius 2 is 0.977 bits per heavy atom. The molecule has 2 aromatic rings. The van der Waals surface area contributed by atoms with Crippen molar-refractivity contribution in [1.29, 1.82) is 0 Å². The Bertz CT molecular complexity index is 1170. The highest BCUT2D eigenvalue weighted by molar-refractivity contribution is 9.08. The summed E-state index contributed by atoms with van der Waals surface area (Å²) in [6, 6.07) is 16.0. The third-order valence-corrected chi connectivity index (χ3v) is 10.4. The van der Waals surface area contributed by atoms with Crippen LogP contribution in [-0.2, 0) is 29.5 Å². The van der Waals surface area contributed by atoms with Crippen LogP contribution in [0.3, 0.4) is 0 Å². The van der Waals surface area contributed by atoms with Gasteiger partial charge in [-0.1, -0.05) is 81.0 Å². The number of methoxy groups -OCH3 is 2. The summed E-state index contributed by atoms with van der Waals surface area (Å²) in [4.78, 5) is 0.319. The normalized spacial score (nSPS) is 25.0. The summed E-state index contributed by atoms with van der Waals surface area (Å²) >= 11 is 2.94. The molecule has 0 aromatic heterocycles. The van der Waals surface area contributed by atoms with E-state index >= 15 is 0 Å². The minimum atomic E-state index is -3.68. The molecule has 2 fully saturated rings. The molecule has 44 heavy (non-hydrogen) atoms. The van der Waals surface area contributed by atoms with E-state index < -0.39 is 56.7 Å². The number of rotatable bonds is 8. The van der Waals surface area contributed by atoms with Gasteiger partial charge in [0.05, 0.1) is 23.0 Å². The summed E-state index contributed by atoms with van der Waals surface area (Å²) < 4.78 is 61.9. The van der Waals surface area contributed by atoms with Gasteiger partial charge < -0.3 is 29.9 Å². The van der Waals surface area contributed by atoms with Crippen molar-refractivity contribution in [3.05, 3.63) is 60.7 Å². The van der Waals surface area contributed by atoms with Crippen molar-refractivity contribution in [2.45, 2.75) is 61.9 Å². The van der Waals surface area contributed by atoms with Gasteiger partial charge in [-0.05, 0) is 30.1 Å². The second kappa shape index (κ2) is 19.9. The van der Waals surface area contributed by atoms with E-state index in [1.807, 2.05) is 19.7 Å². The summed E-state index contributed by atoms with van der Waals surface area (Å²) in [7, 11) is -4.60. The number of aliphatic hydroxyl groups excluding tert-OH is 2. The molecule has 0 bridgehead atoms. The molecule has 2 aliphatic heterocycles. The Kier molecular flexibility index (Phi) is 20.2. The first kappa shape index (κ1) is 44.6. The van der Waals surface area contributed by atoms with E-state index in [0.717, 1.165) is 8.61 Å². The summed E-state index contributed by atoms with van der Waals surface area (Å²) in [5, 5.41) is 38.8. The zero-order valence-electron chi connectivity index (χ0n) is 24.5. The van der Waals surface area contributed by atoms with E-state index in [1.165, 1.54) is 38.5 Å². The number of hydrogen-bond donors (Lipinski definition) is 4. The molecule has 256 valence electrons. The molecule has 12 nitrogen and oxygen atoms in total. The number of aliphatic hydroxyl groups is 4. The summed E-state index contributed by atoms with van der Waals surface area (Å²) in [6.07, 6.45) is -1.48. The van der Waals surface area contributed by atoms with Gasteiger partial charge in [-0.15, -0.1) is 0 Å². The number of benzene rings is 2. The molecule has 0 unspecified atom stereocenters. The van der Waals surface area contributed by atoms with Gasteiger partial charge >= 0.3 is 0 Å². The van der Waals surface area contributed by atoms with Crippen molar-refractivity contribution < 1.29 is 46.7 Å². The first-order chi connectivity index (χ1) is 19.9. The zero-order chi connectivity index (χ0) is 32.2. The van der Waals surface area contributed by atoms with Crippen molar-refractivity contribution in [3.63, 3.8) is 0 Å². The van der Waals surface area contributed by atoms with E-state index in [1.54, 1.807) is 36.4 Å². The fraction of sp³-hybridized carbons (Fsp3) is 0.586. The maximum atomic E-state index is 12.4. The maximum absolute atomic E-state index is 12.4. The topological polar surface area (TPSA) is 174 Å². The minimum Gasteiger partial charge on any atom is -0.393 e. The molecule has 0 spiro atoms. The largest absolute Gasteiger partial charge is 0.393 e. The predicted octanol–water partition coefficient (Wildman–Crippen LogP) is 2.17. The molecule has 4 atom stereocenters. The standard InChI is InChI=1S/2C12H17NO5S.C2H6.CH3Br.2CH4/c2*1-18-11-7-13(8-12(11,15)9-14)19(16,17)10-5-3-2-4-6-10;2*1-2;;/h2*2-6,11,14-15H,7-9H2,1H3;1-2H3;1H3;2*1H4/t2*11-,12+;;;;/m00..../s1. The van der Waals surface area contributed by atoms with Crippen LogP contribution in [0.2, 0.25) is 0 Å². The average molecular weight is 732 g/mol. The lowest BCUT2D eigenvalue weighted by atomic mass is 10.0. The van der Waals surface area contributed by atoms with Gasteiger partial charge in [0.2, 0.25) is 20.0 Å². The highest BCUT2D eigenvalue weighted by Crippen LogP contribution is 2.30. The molecule has 4 N–H and O–H groups in total. The second-order valence-corrected chi connectivity index (χ2v) is 13.1. The lowest BCUT2D eigenvalue weighted by Crippen LogP contribution is -2.46. The van der Waals surface area contributed by atoms with Crippen LogP contribution in [0.5, 0.6) is 0 Å². The van der Waals surface area contributed by atoms with Gasteiger partial charge in [0.1, 0.15) is 23.4 Å². The van der Waals surface area contributed by atoms with Gasteiger partial charge in [0, 0.05) is 40.4 Å². The maximum Gasteiger partial charge on any atom is 0.243 e. The second-order valence-electron chi connectivity index (χ2n) is 9.19. The highest BCUT2D eigenvalue weighted by atomic mass is 79.9. The SMILES string of the molecule is C.C.CBr.CC.CO[C@H]1CN(S(=O)(=O)c2ccccc2)C[C@@]1(O)CO.CO[C@H]1CN(S(=O)(=O)c2ccccc2)C[C@@]1(O)CO. The number of nitrogens with zero attached hydrogens (tertiary/aromatic N) is 2. The van der Waals surface area contributed by atoms with Crippen molar-refractivity contribution in [2.24, 2.45) is 0 Å². The Balaban J connectivity index is 0. The van der Waals surface area contributed by atoms with Crippen LogP contribution in [0, 0.1) is 0 Å². The molecule has 15 heteroatoms. The van der Waals surface area contributed by atoms with Crippen LogP contribution in [0.15, 0.2) is 70.5 Å². The first-order valence-electron chi connectivity index (χ1n) is 13.1.